The number of nitrogens with one attached hydrogen (secondary N) is 1. The van der Waals surface area contributed by atoms with Crippen molar-refractivity contribution >= 4 is 22.2 Å². The Hall–Kier alpha value is -2.87. The second kappa shape index (κ2) is 6.06. The average molecular weight is 273 g/mol. The molecule has 0 radical (unpaired) electrons. The Labute approximate surface area is 123 Å². The van der Waals surface area contributed by atoms with Crippen LogP contribution in [0.5, 0.6) is 0 Å². The highest BCUT2D eigenvalue weighted by Crippen LogP contribution is 2.22. The molecule has 0 bridgehead atoms. The summed E-state index contributed by atoms with van der Waals surface area (Å²) in [7, 11) is 0. The normalized spacial score (nSPS) is 10.9. The maximum atomic E-state index is 12.0. The molecule has 0 fully saturated rings. The van der Waals surface area contributed by atoms with Gasteiger partial charge in [0.15, 0.2) is 5.78 Å². The number of anilines is 1. The molecule has 0 atom stereocenters. The minimum Gasteiger partial charge on any atom is -0.361 e. The first-order valence-corrected chi connectivity index (χ1v) is 6.85. The molecule has 0 saturated carbocycles. The van der Waals surface area contributed by atoms with Crippen molar-refractivity contribution in [2.75, 3.05) is 5.32 Å². The lowest BCUT2D eigenvalue weighted by Crippen LogP contribution is -1.96. The zero-order valence-corrected chi connectivity index (χ0v) is 11.5. The molecule has 0 saturated heterocycles. The SMILES string of the molecule is O=C(/C=C\Nc1cccc2ccccc12)c1ccccc1. The van der Waals surface area contributed by atoms with Crippen LogP contribution in [0.1, 0.15) is 10.4 Å². The van der Waals surface area contributed by atoms with Crippen molar-refractivity contribution in [3.8, 4) is 0 Å². The standard InChI is InChI=1S/C19H15NO/c21-19(16-8-2-1-3-9-16)13-14-20-18-12-6-10-15-7-4-5-11-17(15)18/h1-14,20H/b14-13-. The molecule has 2 nitrogen and oxygen atoms in total. The number of ketones is 1. The first-order chi connectivity index (χ1) is 10.3. The van der Waals surface area contributed by atoms with E-state index >= 15 is 0 Å². The van der Waals surface area contributed by atoms with Gasteiger partial charge in [-0.3, -0.25) is 4.79 Å². The number of fused-ring (bicyclic) bond motifs is 1. The number of carbonyl (C=O) groups is 1. The highest BCUT2D eigenvalue weighted by Gasteiger charge is 2.00. The van der Waals surface area contributed by atoms with E-state index in [1.54, 1.807) is 12.3 Å². The predicted molar refractivity (Wildman–Crippen MR) is 87.5 cm³/mol. The minimum absolute atomic E-state index is 0.0108. The summed E-state index contributed by atoms with van der Waals surface area (Å²) in [6.07, 6.45) is 3.24. The van der Waals surface area contributed by atoms with Crippen LogP contribution in [0.4, 0.5) is 5.69 Å². The van der Waals surface area contributed by atoms with Crippen molar-refractivity contribution in [3.63, 3.8) is 0 Å². The van der Waals surface area contributed by atoms with Crippen LogP contribution < -0.4 is 5.32 Å². The lowest BCUT2D eigenvalue weighted by Gasteiger charge is -2.05. The topological polar surface area (TPSA) is 29.1 Å². The molecule has 3 aromatic rings. The molecule has 0 unspecified atom stereocenters. The molecule has 0 aliphatic heterocycles. The molecular formula is C19H15NO. The van der Waals surface area contributed by atoms with Gasteiger partial charge in [-0.05, 0) is 11.5 Å². The highest BCUT2D eigenvalue weighted by atomic mass is 16.1. The van der Waals surface area contributed by atoms with Crippen molar-refractivity contribution in [3.05, 3.63) is 90.6 Å². The van der Waals surface area contributed by atoms with Crippen molar-refractivity contribution in [2.45, 2.75) is 0 Å². The molecular weight excluding hydrogens is 258 g/mol. The van der Waals surface area contributed by atoms with Crippen LogP contribution in [0, 0.1) is 0 Å². The van der Waals surface area contributed by atoms with E-state index < -0.39 is 0 Å². The molecule has 3 rings (SSSR count). The third-order valence-electron chi connectivity index (χ3n) is 3.32. The summed E-state index contributed by atoms with van der Waals surface area (Å²) >= 11 is 0. The van der Waals surface area contributed by atoms with Gasteiger partial charge in [0, 0.05) is 28.9 Å². The summed E-state index contributed by atoms with van der Waals surface area (Å²) in [5, 5.41) is 5.49. The van der Waals surface area contributed by atoms with Gasteiger partial charge in [-0.2, -0.15) is 0 Å². The van der Waals surface area contributed by atoms with E-state index in [1.165, 1.54) is 5.39 Å². The van der Waals surface area contributed by atoms with Gasteiger partial charge in [-0.25, -0.2) is 0 Å². The fourth-order valence-corrected chi connectivity index (χ4v) is 2.26. The quantitative estimate of drug-likeness (QED) is 0.554. The van der Waals surface area contributed by atoms with Crippen molar-refractivity contribution in [2.24, 2.45) is 0 Å². The van der Waals surface area contributed by atoms with Crippen LogP contribution in [-0.4, -0.2) is 5.78 Å². The van der Waals surface area contributed by atoms with Gasteiger partial charge in [0.2, 0.25) is 0 Å². The smallest absolute Gasteiger partial charge is 0.187 e. The van der Waals surface area contributed by atoms with Crippen LogP contribution in [0.3, 0.4) is 0 Å². The van der Waals surface area contributed by atoms with Gasteiger partial charge in [0.1, 0.15) is 0 Å². The molecule has 2 heteroatoms. The molecule has 1 N–H and O–H groups in total. The summed E-state index contributed by atoms with van der Waals surface area (Å²) in [5.74, 6) is -0.0108. The molecule has 0 aliphatic rings. The van der Waals surface area contributed by atoms with Crippen LogP contribution in [0.2, 0.25) is 0 Å². The van der Waals surface area contributed by atoms with Crippen LogP contribution in [-0.2, 0) is 0 Å². The molecule has 21 heavy (non-hydrogen) atoms. The van der Waals surface area contributed by atoms with Gasteiger partial charge < -0.3 is 5.32 Å². The van der Waals surface area contributed by atoms with Crippen molar-refractivity contribution in [1.82, 2.24) is 0 Å². The zero-order valence-electron chi connectivity index (χ0n) is 11.5. The first kappa shape index (κ1) is 13.1. The second-order valence-electron chi connectivity index (χ2n) is 4.73. The molecule has 3 aromatic carbocycles. The Bertz CT molecular complexity index is 786. The van der Waals surface area contributed by atoms with Gasteiger partial charge in [-0.15, -0.1) is 0 Å². The summed E-state index contributed by atoms with van der Waals surface area (Å²) in [6.45, 7) is 0. The highest BCUT2D eigenvalue weighted by molar-refractivity contribution is 6.04. The van der Waals surface area contributed by atoms with Crippen LogP contribution in [0.25, 0.3) is 10.8 Å². The van der Waals surface area contributed by atoms with Gasteiger partial charge >= 0.3 is 0 Å². The van der Waals surface area contributed by atoms with E-state index in [-0.39, 0.29) is 5.78 Å². The number of hydrogen-bond acceptors (Lipinski definition) is 2. The van der Waals surface area contributed by atoms with E-state index in [0.29, 0.717) is 5.56 Å². The van der Waals surface area contributed by atoms with E-state index in [4.69, 9.17) is 0 Å². The lowest BCUT2D eigenvalue weighted by atomic mass is 10.1. The number of benzene rings is 3. The number of hydrogen-bond donors (Lipinski definition) is 1. The molecule has 0 spiro atoms. The number of allylic oxidation sites excluding steroid dienone is 1. The van der Waals surface area contributed by atoms with Gasteiger partial charge in [-0.1, -0.05) is 66.7 Å². The Balaban J connectivity index is 1.78. The molecule has 102 valence electrons. The average Bonchev–Trinajstić information content (AvgIpc) is 2.56. The molecule has 0 aromatic heterocycles. The monoisotopic (exact) mass is 273 g/mol. The van der Waals surface area contributed by atoms with Crippen LogP contribution in [0.15, 0.2) is 85.1 Å². The lowest BCUT2D eigenvalue weighted by molar-refractivity contribution is 0.104. The van der Waals surface area contributed by atoms with E-state index in [9.17, 15) is 4.79 Å². The molecule has 0 heterocycles. The summed E-state index contributed by atoms with van der Waals surface area (Å²) in [4.78, 5) is 12.0. The van der Waals surface area contributed by atoms with Crippen molar-refractivity contribution < 1.29 is 4.79 Å². The molecule has 0 aliphatic carbocycles. The summed E-state index contributed by atoms with van der Waals surface area (Å²) in [6, 6.07) is 23.5. The second-order valence-corrected chi connectivity index (χ2v) is 4.73. The Kier molecular flexibility index (Phi) is 3.79. The van der Waals surface area contributed by atoms with E-state index in [2.05, 4.69) is 23.5 Å². The summed E-state index contributed by atoms with van der Waals surface area (Å²) < 4.78 is 0. The van der Waals surface area contributed by atoms with Gasteiger partial charge in [0.05, 0.1) is 0 Å². The Morgan fingerprint density at radius 1 is 0.810 bits per heavy atom. The number of carbonyl (C=O) groups excluding carboxylic acids is 1. The fraction of sp³-hybridized carbons (Fsp3) is 0. The third-order valence-corrected chi connectivity index (χ3v) is 3.32. The Morgan fingerprint density at radius 3 is 2.38 bits per heavy atom. The maximum absolute atomic E-state index is 12.0. The predicted octanol–water partition coefficient (Wildman–Crippen LogP) is 4.65. The fourth-order valence-electron chi connectivity index (χ4n) is 2.26. The first-order valence-electron chi connectivity index (χ1n) is 6.85. The molecule has 0 amide bonds. The van der Waals surface area contributed by atoms with Gasteiger partial charge in [0.25, 0.3) is 0 Å². The zero-order chi connectivity index (χ0) is 14.5. The van der Waals surface area contributed by atoms with E-state index in [1.807, 2.05) is 54.6 Å². The number of rotatable bonds is 4. The van der Waals surface area contributed by atoms with Crippen LogP contribution >= 0.6 is 0 Å². The maximum Gasteiger partial charge on any atom is 0.187 e. The van der Waals surface area contributed by atoms with Crippen molar-refractivity contribution in [1.29, 1.82) is 0 Å². The largest absolute Gasteiger partial charge is 0.361 e. The Morgan fingerprint density at radius 2 is 1.52 bits per heavy atom. The van der Waals surface area contributed by atoms with E-state index in [0.717, 1.165) is 11.1 Å². The third kappa shape index (κ3) is 3.00. The summed E-state index contributed by atoms with van der Waals surface area (Å²) in [5.41, 5.74) is 1.68. The minimum atomic E-state index is -0.0108.